The Bertz CT molecular complexity index is 1050. The number of nitrogens with zero attached hydrogens (tertiary/aromatic N) is 1. The highest BCUT2D eigenvalue weighted by molar-refractivity contribution is 7.92. The van der Waals surface area contributed by atoms with Crippen molar-refractivity contribution in [1.82, 2.24) is 4.98 Å². The summed E-state index contributed by atoms with van der Waals surface area (Å²) in [5, 5.41) is -0.853. The maximum absolute atomic E-state index is 13.9. The molecule has 4 nitrogen and oxygen atoms in total. The minimum absolute atomic E-state index is 0.153. The Morgan fingerprint density at radius 2 is 1.68 bits per heavy atom. The Balaban J connectivity index is 1.63. The van der Waals surface area contributed by atoms with Gasteiger partial charge in [0.05, 0.1) is 27.9 Å². The number of alkyl halides is 3. The molecule has 31 heavy (non-hydrogen) atoms. The van der Waals surface area contributed by atoms with E-state index >= 15 is 0 Å². The van der Waals surface area contributed by atoms with Crippen molar-refractivity contribution in [3.63, 3.8) is 0 Å². The van der Waals surface area contributed by atoms with Crippen LogP contribution in [0.3, 0.4) is 0 Å². The van der Waals surface area contributed by atoms with Gasteiger partial charge in [0.1, 0.15) is 0 Å². The highest BCUT2D eigenvalue weighted by Gasteiger charge is 2.43. The lowest BCUT2D eigenvalue weighted by Crippen LogP contribution is -2.24. The maximum atomic E-state index is 13.9. The molecule has 0 unspecified atom stereocenters. The van der Waals surface area contributed by atoms with E-state index in [1.165, 1.54) is 12.3 Å². The molecule has 0 radical (unpaired) electrons. The summed E-state index contributed by atoms with van der Waals surface area (Å²) < 4.78 is 74.1. The first kappa shape index (κ1) is 22.3. The van der Waals surface area contributed by atoms with Gasteiger partial charge in [0.25, 0.3) is 0 Å². The van der Waals surface area contributed by atoms with Crippen LogP contribution >= 0.6 is 0 Å². The van der Waals surface area contributed by atoms with Crippen LogP contribution < -0.4 is 0 Å². The van der Waals surface area contributed by atoms with Gasteiger partial charge in [-0.25, -0.2) is 8.42 Å². The second kappa shape index (κ2) is 8.54. The largest absolute Gasteiger partial charge is 0.417 e. The summed E-state index contributed by atoms with van der Waals surface area (Å²) in [4.78, 5) is 3.42. The second-order valence-corrected chi connectivity index (χ2v) is 10.7. The van der Waals surface area contributed by atoms with E-state index in [0.717, 1.165) is 37.8 Å². The zero-order valence-electron chi connectivity index (χ0n) is 17.4. The highest BCUT2D eigenvalue weighted by Crippen LogP contribution is 2.41. The van der Waals surface area contributed by atoms with E-state index in [4.69, 9.17) is 4.74 Å². The van der Waals surface area contributed by atoms with Gasteiger partial charge in [0.2, 0.25) is 0 Å². The molecule has 0 N–H and O–H groups in total. The Morgan fingerprint density at radius 3 is 2.35 bits per heavy atom. The van der Waals surface area contributed by atoms with E-state index < -0.39 is 31.7 Å². The molecule has 2 aliphatic rings. The van der Waals surface area contributed by atoms with Crippen LogP contribution in [-0.4, -0.2) is 30.9 Å². The summed E-state index contributed by atoms with van der Waals surface area (Å²) in [5.74, 6) is 0. The van der Waals surface area contributed by atoms with Crippen LogP contribution in [-0.2, 0) is 20.8 Å². The molecule has 2 saturated carbocycles. The van der Waals surface area contributed by atoms with Gasteiger partial charge in [-0.2, -0.15) is 13.2 Å². The quantitative estimate of drug-likeness (QED) is 0.580. The van der Waals surface area contributed by atoms with E-state index in [0.29, 0.717) is 29.7 Å². The van der Waals surface area contributed by atoms with Crippen molar-refractivity contribution < 1.29 is 26.3 Å². The fraction of sp³-hybridized carbons (Fsp3) is 0.522. The van der Waals surface area contributed by atoms with Crippen molar-refractivity contribution in [2.24, 2.45) is 0 Å². The monoisotopic (exact) mass is 453 g/mol. The predicted molar refractivity (Wildman–Crippen MR) is 111 cm³/mol. The van der Waals surface area contributed by atoms with Gasteiger partial charge >= 0.3 is 6.18 Å². The van der Waals surface area contributed by atoms with Gasteiger partial charge in [-0.1, -0.05) is 18.9 Å². The minimum Gasteiger partial charge on any atom is -0.375 e. The van der Waals surface area contributed by atoms with Crippen LogP contribution in [0.5, 0.6) is 0 Å². The lowest BCUT2D eigenvalue weighted by Gasteiger charge is -2.20. The summed E-state index contributed by atoms with van der Waals surface area (Å²) in [6.07, 6.45) is 2.00. The molecular formula is C23H26F3NO3S. The maximum Gasteiger partial charge on any atom is 0.417 e. The standard InChI is InChI=1S/C23H26F3NO3S/c1-15-12-17(10-11-27-15)16-6-9-22(21(13-16)23(24,25)26)31(28,29)20-8-7-19(14-20)30-18-4-2-3-5-18/h6,9-13,18-20H,2-5,7-8,14H2,1H3/t19-,20-/m1/s1. The van der Waals surface area contributed by atoms with Crippen LogP contribution in [0.15, 0.2) is 41.4 Å². The number of hydrogen-bond donors (Lipinski definition) is 0. The molecule has 0 bridgehead atoms. The van der Waals surface area contributed by atoms with Gasteiger partial charge < -0.3 is 4.74 Å². The summed E-state index contributed by atoms with van der Waals surface area (Å²) in [5.41, 5.74) is 0.431. The molecule has 1 aromatic heterocycles. The van der Waals surface area contributed by atoms with Crippen molar-refractivity contribution in [2.45, 2.75) is 80.4 Å². The third kappa shape index (κ3) is 4.80. The molecular weight excluding hydrogens is 427 g/mol. The molecule has 0 spiro atoms. The van der Waals surface area contributed by atoms with Crippen molar-refractivity contribution in [3.05, 3.63) is 47.8 Å². The number of aryl methyl sites for hydroxylation is 1. The van der Waals surface area contributed by atoms with Crippen molar-refractivity contribution in [2.75, 3.05) is 0 Å². The molecule has 0 saturated heterocycles. The van der Waals surface area contributed by atoms with Gasteiger partial charge in [-0.05, 0) is 74.4 Å². The fourth-order valence-corrected chi connectivity index (χ4v) is 6.70. The van der Waals surface area contributed by atoms with Crippen molar-refractivity contribution in [1.29, 1.82) is 0 Å². The Morgan fingerprint density at radius 1 is 0.968 bits per heavy atom. The molecule has 168 valence electrons. The zero-order chi connectivity index (χ0) is 22.2. The normalized spacial score (nSPS) is 22.8. The Kier molecular flexibility index (Phi) is 6.14. The molecule has 0 amide bonds. The van der Waals surface area contributed by atoms with E-state index in [1.54, 1.807) is 19.1 Å². The molecule has 8 heteroatoms. The number of ether oxygens (including phenoxy) is 1. The lowest BCUT2D eigenvalue weighted by atomic mass is 10.0. The number of pyridine rings is 1. The average Bonchev–Trinajstić information content (AvgIpc) is 3.40. The van der Waals surface area contributed by atoms with Crippen LogP contribution in [0.2, 0.25) is 0 Å². The molecule has 2 aromatic rings. The van der Waals surface area contributed by atoms with Crippen LogP contribution in [0.1, 0.15) is 56.2 Å². The number of sulfone groups is 1. The third-order valence-corrected chi connectivity index (χ3v) is 8.56. The smallest absolute Gasteiger partial charge is 0.375 e. The number of halogens is 3. The first-order valence-corrected chi connectivity index (χ1v) is 12.2. The third-order valence-electron chi connectivity index (χ3n) is 6.28. The molecule has 1 heterocycles. The number of rotatable bonds is 5. The lowest BCUT2D eigenvalue weighted by molar-refractivity contribution is -0.139. The molecule has 2 fully saturated rings. The number of benzene rings is 1. The van der Waals surface area contributed by atoms with Crippen molar-refractivity contribution in [3.8, 4) is 11.1 Å². The Labute approximate surface area is 180 Å². The van der Waals surface area contributed by atoms with Crippen molar-refractivity contribution >= 4 is 9.84 Å². The number of aromatic nitrogens is 1. The molecule has 2 atom stereocenters. The molecule has 4 rings (SSSR count). The molecule has 2 aliphatic carbocycles. The van der Waals surface area contributed by atoms with Crippen LogP contribution in [0, 0.1) is 6.92 Å². The average molecular weight is 454 g/mol. The molecule has 0 aliphatic heterocycles. The molecule has 1 aromatic carbocycles. The highest BCUT2D eigenvalue weighted by atomic mass is 32.2. The predicted octanol–water partition coefficient (Wildman–Crippen LogP) is 5.73. The van der Waals surface area contributed by atoms with Gasteiger partial charge in [-0.15, -0.1) is 0 Å². The minimum atomic E-state index is -4.78. The number of hydrogen-bond acceptors (Lipinski definition) is 4. The summed E-state index contributed by atoms with van der Waals surface area (Å²) in [6, 6.07) is 6.76. The summed E-state index contributed by atoms with van der Waals surface area (Å²) in [6.45, 7) is 1.75. The first-order valence-electron chi connectivity index (χ1n) is 10.7. The Hall–Kier alpha value is -1.93. The van der Waals surface area contributed by atoms with Crippen LogP contribution in [0.25, 0.3) is 11.1 Å². The van der Waals surface area contributed by atoms with Gasteiger partial charge in [0.15, 0.2) is 9.84 Å². The zero-order valence-corrected chi connectivity index (χ0v) is 18.2. The second-order valence-electron chi connectivity index (χ2n) is 8.54. The fourth-order valence-electron chi connectivity index (χ4n) is 4.69. The van der Waals surface area contributed by atoms with Gasteiger partial charge in [0, 0.05) is 11.9 Å². The SMILES string of the molecule is Cc1cc(-c2ccc(S(=O)(=O)[C@@H]3CC[C@@H](OC4CCCC4)C3)c(C(F)(F)F)c2)ccn1. The van der Waals surface area contributed by atoms with Gasteiger partial charge in [-0.3, -0.25) is 4.98 Å². The summed E-state index contributed by atoms with van der Waals surface area (Å²) >= 11 is 0. The topological polar surface area (TPSA) is 56.3 Å². The first-order chi connectivity index (χ1) is 14.6. The van der Waals surface area contributed by atoms with E-state index in [9.17, 15) is 21.6 Å². The van der Waals surface area contributed by atoms with E-state index in [-0.39, 0.29) is 18.6 Å². The van der Waals surface area contributed by atoms with E-state index in [1.807, 2.05) is 0 Å². The van der Waals surface area contributed by atoms with Crippen LogP contribution in [0.4, 0.5) is 13.2 Å². The summed E-state index contributed by atoms with van der Waals surface area (Å²) in [7, 11) is -4.14. The van der Waals surface area contributed by atoms with E-state index in [2.05, 4.69) is 4.98 Å².